The largest absolute Gasteiger partial charge is 0.416 e. The van der Waals surface area contributed by atoms with E-state index < -0.39 is 11.7 Å². The third kappa shape index (κ3) is 4.58. The average Bonchev–Trinajstić information content (AvgIpc) is 3.16. The third-order valence-corrected chi connectivity index (χ3v) is 5.43. The highest BCUT2D eigenvalue weighted by Crippen LogP contribution is 2.30. The maximum Gasteiger partial charge on any atom is 0.416 e. The van der Waals surface area contributed by atoms with Crippen molar-refractivity contribution in [3.8, 4) is 0 Å². The van der Waals surface area contributed by atoms with Gasteiger partial charge in [-0.15, -0.1) is 0 Å². The van der Waals surface area contributed by atoms with E-state index in [2.05, 4.69) is 15.3 Å². The van der Waals surface area contributed by atoms with E-state index in [9.17, 15) is 18.3 Å². The second-order valence-corrected chi connectivity index (χ2v) is 8.06. The summed E-state index contributed by atoms with van der Waals surface area (Å²) in [5.41, 5.74) is 1.04. The number of piperidine rings is 1. The Morgan fingerprint density at radius 2 is 1.94 bits per heavy atom. The summed E-state index contributed by atoms with van der Waals surface area (Å²) in [6.07, 6.45) is -1.74. The summed E-state index contributed by atoms with van der Waals surface area (Å²) in [5, 5.41) is 13.0. The minimum Gasteiger partial charge on any atom is -0.393 e. The van der Waals surface area contributed by atoms with Crippen molar-refractivity contribution in [3.63, 3.8) is 0 Å². The Morgan fingerprint density at radius 3 is 2.61 bits per heavy atom. The number of hydrogen-bond donors (Lipinski definition) is 2. The Morgan fingerprint density at radius 1 is 1.19 bits per heavy atom. The van der Waals surface area contributed by atoms with Crippen LogP contribution in [0.4, 0.5) is 24.9 Å². The lowest BCUT2D eigenvalue weighted by Gasteiger charge is -2.29. The van der Waals surface area contributed by atoms with Gasteiger partial charge in [-0.1, -0.05) is 12.1 Å². The van der Waals surface area contributed by atoms with Gasteiger partial charge in [0.2, 0.25) is 5.95 Å². The lowest BCUT2D eigenvalue weighted by atomic mass is 10.1. The molecule has 3 heterocycles. The SMILES string of the molecule is CC(C)n1cnc2c(NCc3cccc(C(F)(F)F)c3)nc(N3CCC(O)CC3)nc21. The van der Waals surface area contributed by atoms with Crippen LogP contribution < -0.4 is 10.2 Å². The average molecular weight is 434 g/mol. The summed E-state index contributed by atoms with van der Waals surface area (Å²) in [6.45, 7) is 5.49. The minimum atomic E-state index is -4.39. The predicted octanol–water partition coefficient (Wildman–Crippen LogP) is 4.00. The number of benzene rings is 1. The smallest absolute Gasteiger partial charge is 0.393 e. The Bertz CT molecular complexity index is 1060. The molecule has 4 rings (SSSR count). The van der Waals surface area contributed by atoms with E-state index in [0.717, 1.165) is 12.1 Å². The van der Waals surface area contributed by atoms with Crippen LogP contribution in [0, 0.1) is 0 Å². The number of aromatic nitrogens is 4. The van der Waals surface area contributed by atoms with Gasteiger partial charge in [-0.2, -0.15) is 23.1 Å². The molecule has 3 aromatic rings. The molecule has 0 bridgehead atoms. The van der Waals surface area contributed by atoms with Crippen molar-refractivity contribution < 1.29 is 18.3 Å². The summed E-state index contributed by atoms with van der Waals surface area (Å²) in [4.78, 5) is 15.8. The molecule has 1 aliphatic heterocycles. The molecule has 0 atom stereocenters. The topological polar surface area (TPSA) is 79.1 Å². The number of alkyl halides is 3. The van der Waals surface area contributed by atoms with E-state index in [1.807, 2.05) is 23.3 Å². The molecule has 2 aromatic heterocycles. The summed E-state index contributed by atoms with van der Waals surface area (Å²) >= 11 is 0. The molecule has 0 aliphatic carbocycles. The number of imidazole rings is 1. The molecule has 0 spiro atoms. The number of nitrogens with zero attached hydrogens (tertiary/aromatic N) is 5. The number of aliphatic hydroxyl groups is 1. The molecule has 1 saturated heterocycles. The van der Waals surface area contributed by atoms with Gasteiger partial charge in [0.25, 0.3) is 0 Å². The van der Waals surface area contributed by atoms with Crippen LogP contribution in [0.5, 0.6) is 0 Å². The van der Waals surface area contributed by atoms with Gasteiger partial charge in [0.05, 0.1) is 18.0 Å². The first-order chi connectivity index (χ1) is 14.7. The van der Waals surface area contributed by atoms with Crippen LogP contribution >= 0.6 is 0 Å². The van der Waals surface area contributed by atoms with Gasteiger partial charge in [0.15, 0.2) is 17.0 Å². The van der Waals surface area contributed by atoms with Gasteiger partial charge < -0.3 is 19.9 Å². The van der Waals surface area contributed by atoms with Crippen molar-refractivity contribution >= 4 is 22.9 Å². The number of nitrogens with one attached hydrogen (secondary N) is 1. The second-order valence-electron chi connectivity index (χ2n) is 8.06. The van der Waals surface area contributed by atoms with E-state index >= 15 is 0 Å². The lowest BCUT2D eigenvalue weighted by molar-refractivity contribution is -0.137. The van der Waals surface area contributed by atoms with Crippen LogP contribution in [0.15, 0.2) is 30.6 Å². The van der Waals surface area contributed by atoms with E-state index in [4.69, 9.17) is 4.98 Å². The molecule has 1 aliphatic rings. The molecular weight excluding hydrogens is 409 g/mol. The van der Waals surface area contributed by atoms with Crippen LogP contribution in [0.2, 0.25) is 0 Å². The van der Waals surface area contributed by atoms with Gasteiger partial charge in [-0.3, -0.25) is 0 Å². The number of aliphatic hydroxyl groups excluding tert-OH is 1. The van der Waals surface area contributed by atoms with Crippen LogP contribution in [0.3, 0.4) is 0 Å². The van der Waals surface area contributed by atoms with Gasteiger partial charge in [-0.25, -0.2) is 4.98 Å². The van der Waals surface area contributed by atoms with Crippen LogP contribution in [-0.4, -0.2) is 43.8 Å². The first kappa shape index (κ1) is 21.4. The molecule has 1 fully saturated rings. The van der Waals surface area contributed by atoms with Gasteiger partial charge in [0, 0.05) is 25.7 Å². The fourth-order valence-corrected chi connectivity index (χ4v) is 3.66. The highest BCUT2D eigenvalue weighted by Gasteiger charge is 2.30. The molecular formula is C21H25F3N6O. The predicted molar refractivity (Wildman–Crippen MR) is 112 cm³/mol. The molecule has 7 nitrogen and oxygen atoms in total. The molecule has 0 amide bonds. The molecule has 10 heteroatoms. The van der Waals surface area contributed by atoms with Gasteiger partial charge in [-0.05, 0) is 44.4 Å². The maximum absolute atomic E-state index is 13.0. The van der Waals surface area contributed by atoms with Crippen molar-refractivity contribution in [2.75, 3.05) is 23.3 Å². The van der Waals surface area contributed by atoms with Crippen molar-refractivity contribution in [2.24, 2.45) is 0 Å². The van der Waals surface area contributed by atoms with Crippen molar-refractivity contribution in [2.45, 2.75) is 51.6 Å². The molecule has 2 N–H and O–H groups in total. The molecule has 0 unspecified atom stereocenters. The van der Waals surface area contributed by atoms with Crippen LogP contribution in [0.1, 0.15) is 43.9 Å². The number of rotatable bonds is 5. The summed E-state index contributed by atoms with van der Waals surface area (Å²) in [6, 6.07) is 5.35. The summed E-state index contributed by atoms with van der Waals surface area (Å²) in [5.74, 6) is 0.997. The molecule has 1 aromatic carbocycles. The van der Waals surface area contributed by atoms with E-state index in [0.29, 0.717) is 54.4 Å². The number of fused-ring (bicyclic) bond motifs is 1. The minimum absolute atomic E-state index is 0.132. The first-order valence-electron chi connectivity index (χ1n) is 10.3. The normalized spacial score (nSPS) is 15.8. The van der Waals surface area contributed by atoms with E-state index in [1.54, 1.807) is 12.4 Å². The van der Waals surface area contributed by atoms with E-state index in [1.165, 1.54) is 6.07 Å². The van der Waals surface area contributed by atoms with Crippen LogP contribution in [-0.2, 0) is 12.7 Å². The highest BCUT2D eigenvalue weighted by atomic mass is 19.4. The Kier molecular flexibility index (Phi) is 5.74. The molecule has 166 valence electrons. The van der Waals surface area contributed by atoms with Gasteiger partial charge in [0.1, 0.15) is 0 Å². The lowest BCUT2D eigenvalue weighted by Crippen LogP contribution is -2.37. The number of hydrogen-bond acceptors (Lipinski definition) is 6. The molecule has 0 saturated carbocycles. The third-order valence-electron chi connectivity index (χ3n) is 5.43. The summed E-state index contributed by atoms with van der Waals surface area (Å²) in [7, 11) is 0. The molecule has 0 radical (unpaired) electrons. The zero-order valence-electron chi connectivity index (χ0n) is 17.4. The van der Waals surface area contributed by atoms with Crippen molar-refractivity contribution in [1.82, 2.24) is 19.5 Å². The quantitative estimate of drug-likeness (QED) is 0.632. The van der Waals surface area contributed by atoms with Crippen molar-refractivity contribution in [3.05, 3.63) is 41.7 Å². The van der Waals surface area contributed by atoms with Crippen molar-refractivity contribution in [1.29, 1.82) is 0 Å². The van der Waals surface area contributed by atoms with Crippen LogP contribution in [0.25, 0.3) is 11.2 Å². The standard InChI is InChI=1S/C21H25F3N6O/c1-13(2)30-12-26-17-18(25-11-14-4-3-5-15(10-14)21(22,23)24)27-20(28-19(17)30)29-8-6-16(31)7-9-29/h3-5,10,12-13,16,31H,6-9,11H2,1-2H3,(H,25,27,28). The Labute approximate surface area is 177 Å². The zero-order chi connectivity index (χ0) is 22.2. The fraction of sp³-hybridized carbons (Fsp3) is 0.476. The zero-order valence-corrected chi connectivity index (χ0v) is 17.4. The second kappa shape index (κ2) is 8.33. The summed E-state index contributed by atoms with van der Waals surface area (Å²) < 4.78 is 41.0. The Balaban J connectivity index is 1.66. The highest BCUT2D eigenvalue weighted by molar-refractivity contribution is 5.84. The fourth-order valence-electron chi connectivity index (χ4n) is 3.66. The Hall–Kier alpha value is -2.88. The number of halogens is 3. The molecule has 31 heavy (non-hydrogen) atoms. The monoisotopic (exact) mass is 434 g/mol. The maximum atomic E-state index is 13.0. The first-order valence-corrected chi connectivity index (χ1v) is 10.3. The number of anilines is 2. The van der Waals surface area contributed by atoms with E-state index in [-0.39, 0.29) is 18.7 Å². The van der Waals surface area contributed by atoms with Gasteiger partial charge >= 0.3 is 6.18 Å².